The van der Waals surface area contributed by atoms with Gasteiger partial charge in [-0.3, -0.25) is 14.9 Å². The third-order valence-electron chi connectivity index (χ3n) is 3.50. The molecule has 0 bridgehead atoms. The minimum atomic E-state index is -0.722. The number of ether oxygens (including phenoxy) is 3. The van der Waals surface area contributed by atoms with Crippen molar-refractivity contribution in [2.24, 2.45) is 0 Å². The number of hydrogen-bond acceptors (Lipinski definition) is 6. The van der Waals surface area contributed by atoms with Crippen molar-refractivity contribution in [3.63, 3.8) is 0 Å². The van der Waals surface area contributed by atoms with Crippen LogP contribution in [0.1, 0.15) is 12.8 Å². The summed E-state index contributed by atoms with van der Waals surface area (Å²) in [4.78, 5) is 35.0. The van der Waals surface area contributed by atoms with Crippen LogP contribution in [0, 0.1) is 0 Å². The number of urea groups is 1. The van der Waals surface area contributed by atoms with E-state index in [2.05, 4.69) is 10.6 Å². The van der Waals surface area contributed by atoms with Gasteiger partial charge in [-0.05, 0) is 42.8 Å². The van der Waals surface area contributed by atoms with Gasteiger partial charge in [-0.25, -0.2) is 4.79 Å². The van der Waals surface area contributed by atoms with Gasteiger partial charge in [-0.15, -0.1) is 0 Å². The Morgan fingerprint density at radius 2 is 1.64 bits per heavy atom. The highest BCUT2D eigenvalue weighted by Gasteiger charge is 2.11. The molecule has 28 heavy (non-hydrogen) atoms. The predicted molar refractivity (Wildman–Crippen MR) is 102 cm³/mol. The number of benzene rings is 2. The molecule has 0 saturated carbocycles. The van der Waals surface area contributed by atoms with Crippen LogP contribution in [0.2, 0.25) is 0 Å². The topological polar surface area (TPSA) is 103 Å². The van der Waals surface area contributed by atoms with Gasteiger partial charge < -0.3 is 19.5 Å². The third kappa shape index (κ3) is 7.77. The number of carbonyl (C=O) groups excluding carboxylic acids is 3. The first-order chi connectivity index (χ1) is 13.6. The highest BCUT2D eigenvalue weighted by Crippen LogP contribution is 2.14. The van der Waals surface area contributed by atoms with E-state index in [-0.39, 0.29) is 6.42 Å². The molecule has 8 heteroatoms. The molecule has 0 fully saturated rings. The summed E-state index contributed by atoms with van der Waals surface area (Å²) in [6.07, 6.45) is 0.561. The van der Waals surface area contributed by atoms with E-state index >= 15 is 0 Å². The van der Waals surface area contributed by atoms with E-state index in [1.54, 1.807) is 24.3 Å². The van der Waals surface area contributed by atoms with Crippen LogP contribution in [0.25, 0.3) is 0 Å². The maximum Gasteiger partial charge on any atom is 0.325 e. The van der Waals surface area contributed by atoms with Crippen LogP contribution < -0.4 is 20.1 Å². The number of esters is 1. The van der Waals surface area contributed by atoms with Crippen molar-refractivity contribution in [1.29, 1.82) is 0 Å². The smallest absolute Gasteiger partial charge is 0.325 e. The van der Waals surface area contributed by atoms with Crippen LogP contribution in [-0.2, 0) is 14.3 Å². The molecule has 0 aliphatic rings. The van der Waals surface area contributed by atoms with Crippen LogP contribution in [0.5, 0.6) is 11.5 Å². The third-order valence-corrected chi connectivity index (χ3v) is 3.50. The molecule has 148 valence electrons. The van der Waals surface area contributed by atoms with Crippen LogP contribution in [0.15, 0.2) is 54.6 Å². The molecule has 0 saturated heterocycles. The van der Waals surface area contributed by atoms with Gasteiger partial charge in [0.25, 0.3) is 5.91 Å². The Morgan fingerprint density at radius 3 is 2.32 bits per heavy atom. The molecule has 0 spiro atoms. The van der Waals surface area contributed by atoms with Crippen molar-refractivity contribution in [1.82, 2.24) is 5.32 Å². The summed E-state index contributed by atoms with van der Waals surface area (Å²) in [7, 11) is 1.53. The number of imide groups is 1. The fourth-order valence-electron chi connectivity index (χ4n) is 2.14. The summed E-state index contributed by atoms with van der Waals surface area (Å²) in [5.41, 5.74) is 0.488. The molecule has 0 aliphatic carbocycles. The second-order valence-corrected chi connectivity index (χ2v) is 5.66. The van der Waals surface area contributed by atoms with E-state index in [4.69, 9.17) is 14.2 Å². The Balaban J connectivity index is 1.58. The Morgan fingerprint density at radius 1 is 0.929 bits per heavy atom. The average Bonchev–Trinajstić information content (AvgIpc) is 2.71. The van der Waals surface area contributed by atoms with Crippen LogP contribution in [-0.4, -0.2) is 38.2 Å². The summed E-state index contributed by atoms with van der Waals surface area (Å²) in [5, 5.41) is 4.56. The second-order valence-electron chi connectivity index (χ2n) is 5.66. The quantitative estimate of drug-likeness (QED) is 0.507. The van der Waals surface area contributed by atoms with Crippen LogP contribution in [0.3, 0.4) is 0 Å². The molecule has 2 aromatic rings. The molecule has 8 nitrogen and oxygen atoms in total. The van der Waals surface area contributed by atoms with E-state index < -0.39 is 24.5 Å². The standard InChI is InChI=1S/C20H22N2O6/c1-26-16-11-9-15(10-12-16)21-20(25)22-18(23)14-28-19(24)8-5-13-27-17-6-3-2-4-7-17/h2-4,6-7,9-12H,5,8,13-14H2,1H3,(H2,21,22,23,25). The van der Waals surface area contributed by atoms with Crippen LogP contribution in [0.4, 0.5) is 10.5 Å². The van der Waals surface area contributed by atoms with Crippen molar-refractivity contribution in [2.75, 3.05) is 25.6 Å². The summed E-state index contributed by atoms with van der Waals surface area (Å²) < 4.78 is 15.3. The zero-order chi connectivity index (χ0) is 20.2. The monoisotopic (exact) mass is 386 g/mol. The molecular weight excluding hydrogens is 364 g/mol. The van der Waals surface area contributed by atoms with Crippen molar-refractivity contribution in [3.8, 4) is 11.5 Å². The van der Waals surface area contributed by atoms with Gasteiger partial charge in [0.05, 0.1) is 13.7 Å². The predicted octanol–water partition coefficient (Wildman–Crippen LogP) is 2.75. The van der Waals surface area contributed by atoms with Gasteiger partial charge in [-0.2, -0.15) is 0 Å². The number of anilines is 1. The lowest BCUT2D eigenvalue weighted by molar-refractivity contribution is -0.148. The van der Waals surface area contributed by atoms with Gasteiger partial charge in [0.15, 0.2) is 6.61 Å². The lowest BCUT2D eigenvalue weighted by Crippen LogP contribution is -2.37. The fraction of sp³-hybridized carbons (Fsp3) is 0.250. The first kappa shape index (κ1) is 20.8. The van der Waals surface area contributed by atoms with Gasteiger partial charge >= 0.3 is 12.0 Å². The molecule has 0 atom stereocenters. The lowest BCUT2D eigenvalue weighted by atomic mass is 10.3. The minimum absolute atomic E-state index is 0.109. The molecule has 2 aromatic carbocycles. The van der Waals surface area contributed by atoms with Gasteiger partial charge in [-0.1, -0.05) is 18.2 Å². The first-order valence-electron chi connectivity index (χ1n) is 8.65. The highest BCUT2D eigenvalue weighted by atomic mass is 16.5. The molecule has 0 unspecified atom stereocenters. The minimum Gasteiger partial charge on any atom is -0.497 e. The number of nitrogens with one attached hydrogen (secondary N) is 2. The maximum absolute atomic E-state index is 11.7. The summed E-state index contributed by atoms with van der Waals surface area (Å²) in [6, 6.07) is 15.1. The second kappa shape index (κ2) is 11.2. The fourth-order valence-corrected chi connectivity index (χ4v) is 2.14. The van der Waals surface area contributed by atoms with Gasteiger partial charge in [0.1, 0.15) is 11.5 Å². The largest absolute Gasteiger partial charge is 0.497 e. The molecule has 0 radical (unpaired) electrons. The van der Waals surface area contributed by atoms with E-state index in [0.717, 1.165) is 5.75 Å². The highest BCUT2D eigenvalue weighted by molar-refractivity contribution is 6.01. The number of carbonyl (C=O) groups is 3. The Bertz CT molecular complexity index is 777. The van der Waals surface area contributed by atoms with Crippen molar-refractivity contribution < 1.29 is 28.6 Å². The molecule has 0 aromatic heterocycles. The Kier molecular flexibility index (Phi) is 8.32. The molecule has 2 rings (SSSR count). The first-order valence-corrected chi connectivity index (χ1v) is 8.65. The molecule has 0 aliphatic heterocycles. The molecule has 2 N–H and O–H groups in total. The lowest BCUT2D eigenvalue weighted by Gasteiger charge is -2.08. The molecular formula is C20H22N2O6. The average molecular weight is 386 g/mol. The van der Waals surface area contributed by atoms with Gasteiger partial charge in [0.2, 0.25) is 0 Å². The summed E-state index contributed by atoms with van der Waals surface area (Å²) >= 11 is 0. The molecule has 0 heterocycles. The zero-order valence-electron chi connectivity index (χ0n) is 15.5. The number of para-hydroxylation sites is 1. The normalized spacial score (nSPS) is 9.89. The Labute approximate surface area is 162 Å². The maximum atomic E-state index is 11.7. The molecule has 3 amide bonds. The van der Waals surface area contributed by atoms with E-state index in [1.807, 2.05) is 30.3 Å². The van der Waals surface area contributed by atoms with Gasteiger partial charge in [0, 0.05) is 12.1 Å². The summed E-state index contributed by atoms with van der Waals surface area (Å²) in [5.74, 6) is 0.100. The zero-order valence-corrected chi connectivity index (χ0v) is 15.5. The number of hydrogen-bond donors (Lipinski definition) is 2. The Hall–Kier alpha value is -3.55. The van der Waals surface area contributed by atoms with Crippen molar-refractivity contribution in [2.45, 2.75) is 12.8 Å². The SMILES string of the molecule is COc1ccc(NC(=O)NC(=O)COC(=O)CCCOc2ccccc2)cc1. The van der Waals surface area contributed by atoms with E-state index in [1.165, 1.54) is 7.11 Å². The van der Waals surface area contributed by atoms with E-state index in [9.17, 15) is 14.4 Å². The van der Waals surface area contributed by atoms with E-state index in [0.29, 0.717) is 24.5 Å². The summed E-state index contributed by atoms with van der Waals surface area (Å²) in [6.45, 7) is -0.177. The number of methoxy groups -OCH3 is 1. The van der Waals surface area contributed by atoms with Crippen LogP contribution >= 0.6 is 0 Å². The van der Waals surface area contributed by atoms with Crippen molar-refractivity contribution in [3.05, 3.63) is 54.6 Å². The number of amides is 3. The number of rotatable bonds is 9. The van der Waals surface area contributed by atoms with Crippen molar-refractivity contribution >= 4 is 23.6 Å².